The molecule has 0 aliphatic carbocycles. The Morgan fingerprint density at radius 3 is 2.46 bits per heavy atom. The van der Waals surface area contributed by atoms with Crippen molar-refractivity contribution in [3.63, 3.8) is 0 Å². The molecule has 0 saturated carbocycles. The number of carbonyl (C=O) groups excluding carboxylic acids is 1. The van der Waals surface area contributed by atoms with E-state index in [0.717, 1.165) is 47.6 Å². The standard InChI is InChI=1S/C28H27N5O2/c1-4-32-23-8-6-5-7-20(23)21-15-18(9-11-24(21)32)27-30-22-16-19(28-29-17-26(34)35-28)10-12-25(22)33(27)14-13-31(2)3/h5-12,15-16H,4,13-14,17H2,1-3H3. The summed E-state index contributed by atoms with van der Waals surface area (Å²) in [6.45, 7) is 4.87. The second-order valence-electron chi connectivity index (χ2n) is 9.18. The molecule has 0 atom stereocenters. The molecule has 0 N–H and O–H groups in total. The van der Waals surface area contributed by atoms with Gasteiger partial charge in [-0.25, -0.2) is 14.8 Å². The third-order valence-electron chi connectivity index (χ3n) is 6.68. The molecular weight excluding hydrogens is 438 g/mol. The molecule has 176 valence electrons. The van der Waals surface area contributed by atoms with Crippen LogP contribution in [0.5, 0.6) is 0 Å². The third-order valence-corrected chi connectivity index (χ3v) is 6.68. The van der Waals surface area contributed by atoms with Gasteiger partial charge in [-0.3, -0.25) is 0 Å². The number of nitrogens with zero attached hydrogens (tertiary/aromatic N) is 5. The smallest absolute Gasteiger partial charge is 0.334 e. The molecule has 5 aromatic rings. The molecule has 0 amide bonds. The molecule has 0 radical (unpaired) electrons. The quantitative estimate of drug-likeness (QED) is 0.341. The van der Waals surface area contributed by atoms with E-state index >= 15 is 0 Å². The molecular formula is C28H27N5O2. The molecule has 0 spiro atoms. The van der Waals surface area contributed by atoms with Crippen LogP contribution >= 0.6 is 0 Å². The summed E-state index contributed by atoms with van der Waals surface area (Å²) in [5, 5.41) is 2.49. The van der Waals surface area contributed by atoms with Crippen LogP contribution in [0.25, 0.3) is 44.2 Å². The van der Waals surface area contributed by atoms with Crippen LogP contribution in [0.4, 0.5) is 0 Å². The monoisotopic (exact) mass is 465 g/mol. The van der Waals surface area contributed by atoms with E-state index in [1.54, 1.807) is 0 Å². The van der Waals surface area contributed by atoms with Crippen LogP contribution in [-0.4, -0.2) is 58.1 Å². The predicted molar refractivity (Wildman–Crippen MR) is 140 cm³/mol. The summed E-state index contributed by atoms with van der Waals surface area (Å²) in [6, 6.07) is 21.2. The van der Waals surface area contributed by atoms with Crippen LogP contribution in [0.3, 0.4) is 0 Å². The first kappa shape index (κ1) is 21.6. The first-order chi connectivity index (χ1) is 17.0. The Morgan fingerprint density at radius 2 is 1.69 bits per heavy atom. The lowest BCUT2D eigenvalue weighted by Crippen LogP contribution is -2.18. The number of para-hydroxylation sites is 1. The Balaban J connectivity index is 1.53. The van der Waals surface area contributed by atoms with Gasteiger partial charge in [0.25, 0.3) is 0 Å². The maximum Gasteiger partial charge on any atom is 0.334 e. The van der Waals surface area contributed by atoms with E-state index < -0.39 is 0 Å². The minimum atomic E-state index is -0.322. The molecule has 7 nitrogen and oxygen atoms in total. The molecule has 3 aromatic carbocycles. The number of hydrogen-bond donors (Lipinski definition) is 0. The highest BCUT2D eigenvalue weighted by atomic mass is 16.6. The Bertz CT molecular complexity index is 1640. The number of benzene rings is 3. The van der Waals surface area contributed by atoms with Crippen LogP contribution in [0.2, 0.25) is 0 Å². The Hall–Kier alpha value is -3.97. The van der Waals surface area contributed by atoms with Crippen LogP contribution < -0.4 is 0 Å². The summed E-state index contributed by atoms with van der Waals surface area (Å²) < 4.78 is 9.91. The van der Waals surface area contributed by atoms with Gasteiger partial charge in [0.15, 0.2) is 0 Å². The van der Waals surface area contributed by atoms with Crippen molar-refractivity contribution in [1.29, 1.82) is 0 Å². The zero-order chi connectivity index (χ0) is 24.1. The van der Waals surface area contributed by atoms with E-state index in [2.05, 4.69) is 82.5 Å². The number of aryl methyl sites for hydroxylation is 1. The van der Waals surface area contributed by atoms with Gasteiger partial charge in [-0.15, -0.1) is 0 Å². The van der Waals surface area contributed by atoms with E-state index in [4.69, 9.17) is 9.72 Å². The van der Waals surface area contributed by atoms with Gasteiger partial charge in [0, 0.05) is 52.6 Å². The van der Waals surface area contributed by atoms with Gasteiger partial charge in [0.2, 0.25) is 5.90 Å². The van der Waals surface area contributed by atoms with Crippen molar-refractivity contribution >= 4 is 44.7 Å². The summed E-state index contributed by atoms with van der Waals surface area (Å²) in [6.07, 6.45) is 0. The van der Waals surface area contributed by atoms with Gasteiger partial charge in [-0.1, -0.05) is 18.2 Å². The van der Waals surface area contributed by atoms with Crippen molar-refractivity contribution in [3.8, 4) is 11.4 Å². The van der Waals surface area contributed by atoms with E-state index in [1.807, 2.05) is 18.2 Å². The van der Waals surface area contributed by atoms with Crippen molar-refractivity contribution < 1.29 is 9.53 Å². The maximum absolute atomic E-state index is 11.5. The van der Waals surface area contributed by atoms with Crippen LogP contribution in [-0.2, 0) is 22.6 Å². The van der Waals surface area contributed by atoms with Gasteiger partial charge < -0.3 is 18.8 Å². The highest BCUT2D eigenvalue weighted by Gasteiger charge is 2.21. The highest BCUT2D eigenvalue weighted by Crippen LogP contribution is 2.34. The number of fused-ring (bicyclic) bond motifs is 4. The van der Waals surface area contributed by atoms with E-state index in [9.17, 15) is 4.79 Å². The SMILES string of the molecule is CCn1c2ccccc2c2cc(-c3nc4cc(C5=NCC(=O)O5)ccc4n3CCN(C)C)ccc21. The summed E-state index contributed by atoms with van der Waals surface area (Å²) in [7, 11) is 4.16. The topological polar surface area (TPSA) is 64.7 Å². The average Bonchev–Trinajstić information content (AvgIpc) is 3.55. The molecule has 0 unspecified atom stereocenters. The zero-order valence-electron chi connectivity index (χ0n) is 20.2. The Morgan fingerprint density at radius 1 is 0.914 bits per heavy atom. The van der Waals surface area contributed by atoms with Crippen LogP contribution in [0.15, 0.2) is 65.7 Å². The summed E-state index contributed by atoms with van der Waals surface area (Å²) >= 11 is 0. The lowest BCUT2D eigenvalue weighted by atomic mass is 10.1. The first-order valence-electron chi connectivity index (χ1n) is 12.0. The van der Waals surface area contributed by atoms with Crippen LogP contribution in [0, 0.1) is 0 Å². The van der Waals surface area contributed by atoms with E-state index in [1.165, 1.54) is 21.8 Å². The van der Waals surface area contributed by atoms with Gasteiger partial charge in [-0.2, -0.15) is 0 Å². The number of rotatable bonds is 6. The van der Waals surface area contributed by atoms with Gasteiger partial charge in [0.05, 0.1) is 11.0 Å². The van der Waals surface area contributed by atoms with Gasteiger partial charge in [-0.05, 0) is 63.5 Å². The minimum absolute atomic E-state index is 0.0707. The number of carbonyl (C=O) groups is 1. The minimum Gasteiger partial charge on any atom is -0.406 e. The first-order valence-corrected chi connectivity index (χ1v) is 12.0. The lowest BCUT2D eigenvalue weighted by molar-refractivity contribution is -0.132. The molecule has 0 bridgehead atoms. The molecule has 7 heteroatoms. The van der Waals surface area contributed by atoms with Crippen LogP contribution in [0.1, 0.15) is 12.5 Å². The fourth-order valence-corrected chi connectivity index (χ4v) is 5.00. The number of likely N-dealkylation sites (N-methyl/N-ethyl adjacent to an activating group) is 1. The van der Waals surface area contributed by atoms with E-state index in [0.29, 0.717) is 5.90 Å². The van der Waals surface area contributed by atoms with Crippen molar-refractivity contribution in [2.45, 2.75) is 20.0 Å². The Labute approximate surface area is 203 Å². The normalized spacial score (nSPS) is 13.9. The number of esters is 1. The summed E-state index contributed by atoms with van der Waals surface area (Å²) in [5.41, 5.74) is 6.24. The fraction of sp³-hybridized carbons (Fsp3) is 0.250. The number of hydrogen-bond acceptors (Lipinski definition) is 5. The third kappa shape index (κ3) is 3.59. The summed E-state index contributed by atoms with van der Waals surface area (Å²) in [5.74, 6) is 0.978. The van der Waals surface area contributed by atoms with Crippen molar-refractivity contribution in [2.24, 2.45) is 4.99 Å². The predicted octanol–water partition coefficient (Wildman–Crippen LogP) is 4.70. The van der Waals surface area contributed by atoms with E-state index in [-0.39, 0.29) is 12.5 Å². The maximum atomic E-state index is 11.5. The second kappa shape index (κ2) is 8.36. The van der Waals surface area contributed by atoms with Gasteiger partial charge in [0.1, 0.15) is 12.4 Å². The van der Waals surface area contributed by atoms with Gasteiger partial charge >= 0.3 is 5.97 Å². The number of ether oxygens (including phenoxy) is 1. The molecule has 3 heterocycles. The molecule has 6 rings (SSSR count). The van der Waals surface area contributed by atoms with Crippen molar-refractivity contribution in [1.82, 2.24) is 19.0 Å². The zero-order valence-corrected chi connectivity index (χ0v) is 20.2. The molecule has 1 aliphatic rings. The number of imidazole rings is 1. The second-order valence-corrected chi connectivity index (χ2v) is 9.18. The molecule has 35 heavy (non-hydrogen) atoms. The van der Waals surface area contributed by atoms with Crippen molar-refractivity contribution in [3.05, 3.63) is 66.2 Å². The number of cyclic esters (lactones) is 1. The van der Waals surface area contributed by atoms with Crippen molar-refractivity contribution in [2.75, 3.05) is 27.2 Å². The molecule has 0 fully saturated rings. The molecule has 1 aliphatic heterocycles. The molecule has 0 saturated heterocycles. The largest absolute Gasteiger partial charge is 0.406 e. The summed E-state index contributed by atoms with van der Waals surface area (Å²) in [4.78, 5) is 23.0. The fourth-order valence-electron chi connectivity index (χ4n) is 5.00. The number of aliphatic imine (C=N–C) groups is 1. The lowest BCUT2D eigenvalue weighted by Gasteiger charge is -2.14. The highest BCUT2D eigenvalue weighted by molar-refractivity contribution is 6.09. The Kier molecular flexibility index (Phi) is 5.15. The average molecular weight is 466 g/mol. The molecule has 2 aromatic heterocycles. The number of aromatic nitrogens is 3.